The summed E-state index contributed by atoms with van der Waals surface area (Å²) in [5.41, 5.74) is 4.69. The first-order valence-electron chi connectivity index (χ1n) is 9.02. The van der Waals surface area contributed by atoms with Gasteiger partial charge in [-0.1, -0.05) is 6.07 Å². The van der Waals surface area contributed by atoms with Crippen molar-refractivity contribution in [1.82, 2.24) is 9.78 Å². The number of carbonyl (C=O) groups is 1. The Morgan fingerprint density at radius 3 is 2.73 bits per heavy atom. The van der Waals surface area contributed by atoms with E-state index in [1.54, 1.807) is 18.9 Å². The fraction of sp³-hybridized carbons (Fsp3) is 0.500. The summed E-state index contributed by atoms with van der Waals surface area (Å²) in [6.07, 6.45) is 2.35. The van der Waals surface area contributed by atoms with Crippen LogP contribution in [0.5, 0.6) is 5.75 Å². The molecule has 1 aromatic heterocycles. The Bertz CT molecular complexity index is 883. The highest BCUT2D eigenvalue weighted by Gasteiger charge is 2.43. The average molecular weight is 372 g/mol. The quantitative estimate of drug-likeness (QED) is 0.880. The summed E-state index contributed by atoms with van der Waals surface area (Å²) in [7, 11) is 3.61. The number of amides is 1. The molecule has 1 fully saturated rings. The number of nitrogens with zero attached hydrogens (tertiary/aromatic N) is 2. The lowest BCUT2D eigenvalue weighted by Gasteiger charge is -2.26. The number of hydrogen-bond acceptors (Lipinski definition) is 4. The van der Waals surface area contributed by atoms with Crippen molar-refractivity contribution in [2.45, 2.75) is 49.5 Å². The molecule has 0 spiro atoms. The van der Waals surface area contributed by atoms with Gasteiger partial charge < -0.3 is 10.1 Å². The molecule has 1 atom stereocenters. The van der Waals surface area contributed by atoms with Gasteiger partial charge in [-0.2, -0.15) is 5.10 Å². The Labute approximate surface area is 158 Å². The number of nitrogens with one attached hydrogen (secondary N) is 1. The van der Waals surface area contributed by atoms with E-state index in [0.29, 0.717) is 5.92 Å². The van der Waals surface area contributed by atoms with Gasteiger partial charge >= 0.3 is 0 Å². The predicted molar refractivity (Wildman–Crippen MR) is 105 cm³/mol. The topological polar surface area (TPSA) is 56.1 Å². The number of fused-ring (bicyclic) bond motifs is 1. The van der Waals surface area contributed by atoms with Gasteiger partial charge in [-0.15, -0.1) is 11.8 Å². The Balaban J connectivity index is 1.94. The molecule has 1 aliphatic carbocycles. The summed E-state index contributed by atoms with van der Waals surface area (Å²) in [5.74, 6) is 2.21. The number of thioether (sulfide) groups is 1. The standard InChI is InChI=1S/C20H25N3O2S/c1-11-6-9-13(25-5)10-14(11)17-15-16(12-7-8-12)22-23(4)18(15)21-19(24)20(2,3)26-17/h6,9-10,12,17H,7-8H2,1-5H3,(H,21,24). The summed E-state index contributed by atoms with van der Waals surface area (Å²) in [6.45, 7) is 6.10. The Morgan fingerprint density at radius 1 is 1.35 bits per heavy atom. The van der Waals surface area contributed by atoms with E-state index in [-0.39, 0.29) is 11.2 Å². The van der Waals surface area contributed by atoms with Crippen LogP contribution in [0, 0.1) is 6.92 Å². The molecule has 0 radical (unpaired) electrons. The van der Waals surface area contributed by atoms with Crippen LogP contribution in [0.25, 0.3) is 0 Å². The third kappa shape index (κ3) is 2.80. The maximum absolute atomic E-state index is 12.8. The molecular weight excluding hydrogens is 346 g/mol. The highest BCUT2D eigenvalue weighted by molar-refractivity contribution is 8.01. The van der Waals surface area contributed by atoms with Crippen molar-refractivity contribution in [2.75, 3.05) is 12.4 Å². The zero-order valence-electron chi connectivity index (χ0n) is 15.9. The van der Waals surface area contributed by atoms with Crippen LogP contribution in [-0.4, -0.2) is 27.5 Å². The van der Waals surface area contributed by atoms with Crippen molar-refractivity contribution >= 4 is 23.5 Å². The monoisotopic (exact) mass is 371 g/mol. The molecule has 2 aromatic rings. The molecular formula is C20H25N3O2S. The van der Waals surface area contributed by atoms with E-state index in [4.69, 9.17) is 9.84 Å². The zero-order chi connectivity index (χ0) is 18.6. The Kier molecular flexibility index (Phi) is 4.06. The maximum Gasteiger partial charge on any atom is 0.241 e. The SMILES string of the molecule is COc1ccc(C)c(C2SC(C)(C)C(=O)Nc3c2c(C2CC2)nn3C)c1. The average Bonchev–Trinajstić information content (AvgIpc) is 3.39. The highest BCUT2D eigenvalue weighted by atomic mass is 32.2. The molecule has 2 aliphatic rings. The van der Waals surface area contributed by atoms with Crippen LogP contribution in [0.1, 0.15) is 60.2 Å². The summed E-state index contributed by atoms with van der Waals surface area (Å²) in [5, 5.41) is 7.96. The molecule has 5 nitrogen and oxygen atoms in total. The molecule has 138 valence electrons. The number of hydrogen-bond donors (Lipinski definition) is 1. The minimum atomic E-state index is -0.542. The molecule has 4 rings (SSSR count). The fourth-order valence-electron chi connectivity index (χ4n) is 3.54. The molecule has 2 heterocycles. The van der Waals surface area contributed by atoms with Crippen molar-refractivity contribution in [2.24, 2.45) is 7.05 Å². The summed E-state index contributed by atoms with van der Waals surface area (Å²) < 4.78 is 6.77. The Morgan fingerprint density at radius 2 is 2.08 bits per heavy atom. The maximum atomic E-state index is 12.8. The lowest BCUT2D eigenvalue weighted by Crippen LogP contribution is -2.33. The molecule has 1 unspecified atom stereocenters. The van der Waals surface area contributed by atoms with Crippen molar-refractivity contribution in [3.8, 4) is 5.75 Å². The number of aryl methyl sites for hydroxylation is 2. The smallest absolute Gasteiger partial charge is 0.241 e. The molecule has 1 amide bonds. The predicted octanol–water partition coefficient (Wildman–Crippen LogP) is 4.17. The first-order chi connectivity index (χ1) is 12.3. The first-order valence-corrected chi connectivity index (χ1v) is 9.90. The van der Waals surface area contributed by atoms with E-state index in [1.165, 1.54) is 24.0 Å². The van der Waals surface area contributed by atoms with Crippen molar-refractivity contribution < 1.29 is 9.53 Å². The lowest BCUT2D eigenvalue weighted by atomic mass is 9.98. The van der Waals surface area contributed by atoms with Gasteiger partial charge in [0.05, 0.1) is 22.8 Å². The van der Waals surface area contributed by atoms with E-state index in [9.17, 15) is 4.79 Å². The molecule has 1 aliphatic heterocycles. The first kappa shape index (κ1) is 17.5. The lowest BCUT2D eigenvalue weighted by molar-refractivity contribution is -0.117. The third-order valence-corrected chi connectivity index (χ3v) is 6.80. The van der Waals surface area contributed by atoms with Gasteiger partial charge in [-0.25, -0.2) is 0 Å². The molecule has 1 saturated carbocycles. The van der Waals surface area contributed by atoms with Crippen molar-refractivity contribution in [3.63, 3.8) is 0 Å². The Hall–Kier alpha value is -1.95. The van der Waals surface area contributed by atoms with E-state index >= 15 is 0 Å². The molecule has 6 heteroatoms. The molecule has 1 aromatic carbocycles. The molecule has 0 bridgehead atoms. The van der Waals surface area contributed by atoms with Gasteiger partial charge in [0.1, 0.15) is 11.6 Å². The van der Waals surface area contributed by atoms with Gasteiger partial charge in [0.2, 0.25) is 5.91 Å². The molecule has 26 heavy (non-hydrogen) atoms. The van der Waals surface area contributed by atoms with Crippen LogP contribution in [-0.2, 0) is 11.8 Å². The van der Waals surface area contributed by atoms with E-state index < -0.39 is 4.75 Å². The normalized spacial score (nSPS) is 21.7. The van der Waals surface area contributed by atoms with Crippen LogP contribution in [0.3, 0.4) is 0 Å². The van der Waals surface area contributed by atoms with Crippen LogP contribution >= 0.6 is 11.8 Å². The number of methoxy groups -OCH3 is 1. The van der Waals surface area contributed by atoms with Gasteiger partial charge in [0.25, 0.3) is 0 Å². The van der Waals surface area contributed by atoms with Gasteiger partial charge in [-0.3, -0.25) is 9.48 Å². The summed E-state index contributed by atoms with van der Waals surface area (Å²) in [6, 6.07) is 6.18. The van der Waals surface area contributed by atoms with Gasteiger partial charge in [-0.05, 0) is 56.9 Å². The van der Waals surface area contributed by atoms with Crippen LogP contribution in [0.4, 0.5) is 5.82 Å². The minimum absolute atomic E-state index is 0.0251. The number of ether oxygens (including phenoxy) is 1. The summed E-state index contributed by atoms with van der Waals surface area (Å²) >= 11 is 1.70. The second kappa shape index (κ2) is 6.05. The number of benzene rings is 1. The molecule has 1 N–H and O–H groups in total. The second-order valence-electron chi connectivity index (χ2n) is 7.73. The minimum Gasteiger partial charge on any atom is -0.497 e. The third-order valence-electron chi connectivity index (χ3n) is 5.30. The van der Waals surface area contributed by atoms with Crippen LogP contribution in [0.15, 0.2) is 18.2 Å². The summed E-state index contributed by atoms with van der Waals surface area (Å²) in [4.78, 5) is 12.8. The van der Waals surface area contributed by atoms with Crippen molar-refractivity contribution in [3.05, 3.63) is 40.6 Å². The second-order valence-corrected chi connectivity index (χ2v) is 9.46. The van der Waals surface area contributed by atoms with E-state index in [0.717, 1.165) is 22.8 Å². The van der Waals surface area contributed by atoms with Crippen molar-refractivity contribution in [1.29, 1.82) is 0 Å². The van der Waals surface area contributed by atoms with Crippen LogP contribution in [0.2, 0.25) is 0 Å². The molecule has 0 saturated heterocycles. The largest absolute Gasteiger partial charge is 0.497 e. The zero-order valence-corrected chi connectivity index (χ0v) is 16.7. The number of rotatable bonds is 3. The number of aromatic nitrogens is 2. The number of anilines is 1. The van der Waals surface area contributed by atoms with E-state index in [2.05, 4.69) is 24.4 Å². The number of carbonyl (C=O) groups excluding carboxylic acids is 1. The van der Waals surface area contributed by atoms with E-state index in [1.807, 2.05) is 31.6 Å². The van der Waals surface area contributed by atoms with Gasteiger partial charge in [0, 0.05) is 18.5 Å². The highest BCUT2D eigenvalue weighted by Crippen LogP contribution is 2.54. The fourth-order valence-corrected chi connectivity index (χ4v) is 5.02. The van der Waals surface area contributed by atoms with Crippen LogP contribution < -0.4 is 10.1 Å². The van der Waals surface area contributed by atoms with Gasteiger partial charge in [0.15, 0.2) is 0 Å².